The van der Waals surface area contributed by atoms with E-state index in [-0.39, 0.29) is 17.1 Å². The second kappa shape index (κ2) is 4.26. The van der Waals surface area contributed by atoms with E-state index in [9.17, 15) is 18.0 Å². The molecule has 2 heterocycles. The molecule has 0 atom stereocenters. The lowest BCUT2D eigenvalue weighted by Crippen LogP contribution is -2.11. The Bertz CT molecular complexity index is 636. The van der Waals surface area contributed by atoms with Crippen LogP contribution in [0.25, 0.3) is 5.82 Å². The Balaban J connectivity index is 2.53. The zero-order valence-electron chi connectivity index (χ0n) is 9.22. The molecule has 0 aliphatic carbocycles. The highest BCUT2D eigenvalue weighted by atomic mass is 19.4. The second-order valence-electron chi connectivity index (χ2n) is 3.59. The van der Waals surface area contributed by atoms with Gasteiger partial charge in [0.15, 0.2) is 11.5 Å². The van der Waals surface area contributed by atoms with Gasteiger partial charge in [-0.3, -0.25) is 0 Å². The number of carboxylic acid groups (broad SMARTS) is 1. The molecule has 0 saturated carbocycles. The van der Waals surface area contributed by atoms with Crippen LogP contribution in [0.4, 0.5) is 18.9 Å². The summed E-state index contributed by atoms with van der Waals surface area (Å²) in [7, 11) is 0. The van der Waals surface area contributed by atoms with Crippen molar-refractivity contribution < 1.29 is 23.1 Å². The number of aromatic nitrogens is 3. The topological polar surface area (TPSA) is 94.0 Å². The molecule has 19 heavy (non-hydrogen) atoms. The zero-order chi connectivity index (χ0) is 14.2. The number of nitrogens with zero attached hydrogens (tertiary/aromatic N) is 3. The number of halogens is 3. The highest BCUT2D eigenvalue weighted by Gasteiger charge is 2.34. The quantitative estimate of drug-likeness (QED) is 0.865. The number of nitrogens with two attached hydrogens (primary N) is 1. The number of carboxylic acids is 1. The van der Waals surface area contributed by atoms with Crippen molar-refractivity contribution in [1.82, 2.24) is 14.8 Å². The first-order valence-corrected chi connectivity index (χ1v) is 4.91. The van der Waals surface area contributed by atoms with Crippen LogP contribution in [0.3, 0.4) is 0 Å². The highest BCUT2D eigenvalue weighted by molar-refractivity contribution is 5.92. The van der Waals surface area contributed by atoms with Gasteiger partial charge in [-0.15, -0.1) is 0 Å². The monoisotopic (exact) mass is 272 g/mol. The van der Waals surface area contributed by atoms with Crippen LogP contribution < -0.4 is 5.73 Å². The fraction of sp³-hybridized carbons (Fsp3) is 0.100. The molecule has 0 bridgehead atoms. The van der Waals surface area contributed by atoms with Crippen molar-refractivity contribution in [3.63, 3.8) is 0 Å². The third kappa shape index (κ3) is 2.49. The van der Waals surface area contributed by atoms with Crippen LogP contribution in [0.15, 0.2) is 24.5 Å². The van der Waals surface area contributed by atoms with E-state index in [0.29, 0.717) is 0 Å². The molecule has 100 valence electrons. The summed E-state index contributed by atoms with van der Waals surface area (Å²) in [4.78, 5) is 14.7. The van der Waals surface area contributed by atoms with Crippen LogP contribution in [0.5, 0.6) is 0 Å². The van der Waals surface area contributed by atoms with Gasteiger partial charge in [-0.25, -0.2) is 14.5 Å². The summed E-state index contributed by atoms with van der Waals surface area (Å²) in [5.74, 6) is -1.60. The third-order valence-electron chi connectivity index (χ3n) is 2.21. The molecule has 0 aliphatic heterocycles. The average Bonchev–Trinajstić information content (AvgIpc) is 2.77. The van der Waals surface area contributed by atoms with Crippen molar-refractivity contribution in [2.45, 2.75) is 6.18 Å². The molecule has 0 aromatic carbocycles. The number of aromatic carboxylic acids is 1. The summed E-state index contributed by atoms with van der Waals surface area (Å²) in [6.07, 6.45) is -2.49. The van der Waals surface area contributed by atoms with E-state index in [0.717, 1.165) is 29.2 Å². The largest absolute Gasteiger partial charge is 0.478 e. The summed E-state index contributed by atoms with van der Waals surface area (Å²) >= 11 is 0. The first-order chi connectivity index (χ1) is 8.79. The number of nitrogen functional groups attached to an aromatic ring is 1. The normalized spacial score (nSPS) is 11.5. The highest BCUT2D eigenvalue weighted by Crippen LogP contribution is 2.28. The van der Waals surface area contributed by atoms with Crippen LogP contribution in [-0.2, 0) is 6.18 Å². The van der Waals surface area contributed by atoms with Gasteiger partial charge in [0.05, 0.1) is 11.9 Å². The maximum atomic E-state index is 12.4. The van der Waals surface area contributed by atoms with Crippen molar-refractivity contribution in [2.24, 2.45) is 0 Å². The zero-order valence-corrected chi connectivity index (χ0v) is 9.22. The molecular formula is C10H7F3N4O2. The Labute approximate surface area is 104 Å². The van der Waals surface area contributed by atoms with E-state index < -0.39 is 17.8 Å². The molecule has 0 fully saturated rings. The van der Waals surface area contributed by atoms with Crippen LogP contribution in [-0.4, -0.2) is 25.8 Å². The molecule has 6 nitrogen and oxygen atoms in total. The molecule has 0 unspecified atom stereocenters. The Hall–Kier alpha value is -2.58. The third-order valence-corrected chi connectivity index (χ3v) is 2.21. The number of carbonyl (C=O) groups is 1. The Morgan fingerprint density at radius 3 is 2.63 bits per heavy atom. The van der Waals surface area contributed by atoms with Gasteiger partial charge in [0.1, 0.15) is 5.56 Å². The number of hydrogen-bond acceptors (Lipinski definition) is 4. The first kappa shape index (κ1) is 12.9. The SMILES string of the molecule is Nc1cnc(-n2ccc(C(F)(F)F)n2)c(C(=O)O)c1. The Morgan fingerprint density at radius 1 is 1.42 bits per heavy atom. The van der Waals surface area contributed by atoms with E-state index in [1.54, 1.807) is 0 Å². The van der Waals surface area contributed by atoms with Crippen LogP contribution in [0.2, 0.25) is 0 Å². The molecule has 9 heteroatoms. The van der Waals surface area contributed by atoms with E-state index in [2.05, 4.69) is 10.1 Å². The lowest BCUT2D eigenvalue weighted by Gasteiger charge is -2.06. The molecule has 0 radical (unpaired) electrons. The predicted octanol–water partition coefficient (Wildman–Crippen LogP) is 1.57. The molecule has 2 aromatic heterocycles. The van der Waals surface area contributed by atoms with Crippen LogP contribution >= 0.6 is 0 Å². The standard InChI is InChI=1S/C10H7F3N4O2/c11-10(12,13)7-1-2-17(16-7)8-6(9(18)19)3-5(14)4-15-8/h1-4H,14H2,(H,18,19). The predicted molar refractivity (Wildman–Crippen MR) is 57.7 cm³/mol. The lowest BCUT2D eigenvalue weighted by atomic mass is 10.2. The van der Waals surface area contributed by atoms with Gasteiger partial charge in [0, 0.05) is 6.20 Å². The van der Waals surface area contributed by atoms with Gasteiger partial charge in [-0.2, -0.15) is 18.3 Å². The number of rotatable bonds is 2. The van der Waals surface area contributed by atoms with Gasteiger partial charge in [-0.1, -0.05) is 0 Å². The van der Waals surface area contributed by atoms with Crippen molar-refractivity contribution in [3.05, 3.63) is 35.8 Å². The molecular weight excluding hydrogens is 265 g/mol. The fourth-order valence-electron chi connectivity index (χ4n) is 1.41. The number of hydrogen-bond donors (Lipinski definition) is 2. The molecule has 0 amide bonds. The van der Waals surface area contributed by atoms with E-state index >= 15 is 0 Å². The smallest absolute Gasteiger partial charge is 0.435 e. The van der Waals surface area contributed by atoms with Gasteiger partial charge in [0.25, 0.3) is 0 Å². The van der Waals surface area contributed by atoms with E-state index in [1.807, 2.05) is 0 Å². The van der Waals surface area contributed by atoms with Crippen molar-refractivity contribution in [2.75, 3.05) is 5.73 Å². The Kier molecular flexibility index (Phi) is 2.89. The molecule has 0 saturated heterocycles. The van der Waals surface area contributed by atoms with Crippen LogP contribution in [0, 0.1) is 0 Å². The number of pyridine rings is 1. The second-order valence-corrected chi connectivity index (χ2v) is 3.59. The van der Waals surface area contributed by atoms with Gasteiger partial charge in [-0.05, 0) is 12.1 Å². The summed E-state index contributed by atoms with van der Waals surface area (Å²) in [6, 6.07) is 1.82. The fourth-order valence-corrected chi connectivity index (χ4v) is 1.41. The molecule has 2 aromatic rings. The average molecular weight is 272 g/mol. The van der Waals surface area contributed by atoms with E-state index in [4.69, 9.17) is 10.8 Å². The van der Waals surface area contributed by atoms with Crippen molar-refractivity contribution in [3.8, 4) is 5.82 Å². The molecule has 3 N–H and O–H groups in total. The van der Waals surface area contributed by atoms with Crippen molar-refractivity contribution in [1.29, 1.82) is 0 Å². The summed E-state index contributed by atoms with van der Waals surface area (Å²) in [6.45, 7) is 0. The minimum Gasteiger partial charge on any atom is -0.478 e. The number of anilines is 1. The van der Waals surface area contributed by atoms with Gasteiger partial charge < -0.3 is 10.8 Å². The minimum atomic E-state index is -4.61. The van der Waals surface area contributed by atoms with E-state index in [1.165, 1.54) is 0 Å². The summed E-state index contributed by atoms with van der Waals surface area (Å²) in [5.41, 5.74) is 4.00. The van der Waals surface area contributed by atoms with Crippen LogP contribution in [0.1, 0.15) is 16.1 Å². The molecule has 0 aliphatic rings. The molecule has 0 spiro atoms. The molecule has 2 rings (SSSR count). The minimum absolute atomic E-state index is 0.0874. The van der Waals surface area contributed by atoms with Gasteiger partial charge in [0.2, 0.25) is 0 Å². The lowest BCUT2D eigenvalue weighted by molar-refractivity contribution is -0.141. The summed E-state index contributed by atoms with van der Waals surface area (Å²) in [5, 5.41) is 12.2. The van der Waals surface area contributed by atoms with Crippen molar-refractivity contribution >= 4 is 11.7 Å². The Morgan fingerprint density at radius 2 is 2.11 bits per heavy atom. The maximum absolute atomic E-state index is 12.4. The first-order valence-electron chi connectivity index (χ1n) is 4.91. The maximum Gasteiger partial charge on any atom is 0.435 e. The number of alkyl halides is 3. The summed E-state index contributed by atoms with van der Waals surface area (Å²) < 4.78 is 38.0. The van der Waals surface area contributed by atoms with Gasteiger partial charge >= 0.3 is 12.1 Å².